The first-order chi connectivity index (χ1) is 14.9. The monoisotopic (exact) mass is 440 g/mol. The van der Waals surface area contributed by atoms with Gasteiger partial charge in [-0.15, -0.1) is 0 Å². The van der Waals surface area contributed by atoms with Gasteiger partial charge in [-0.2, -0.15) is 0 Å². The Hall–Kier alpha value is -0.600. The highest BCUT2D eigenvalue weighted by molar-refractivity contribution is 5.39. The van der Waals surface area contributed by atoms with Crippen LogP contribution in [0.15, 0.2) is 23.3 Å². The highest BCUT2D eigenvalue weighted by Crippen LogP contribution is 2.73. The third-order valence-electron chi connectivity index (χ3n) is 12.6. The topological polar surface area (TPSA) is 40.5 Å². The first kappa shape index (κ1) is 23.2. The van der Waals surface area contributed by atoms with E-state index >= 15 is 0 Å². The van der Waals surface area contributed by atoms with Crippen molar-refractivity contribution < 1.29 is 10.2 Å². The zero-order valence-electron chi connectivity index (χ0n) is 21.6. The first-order valence-electron chi connectivity index (χ1n) is 13.6. The zero-order chi connectivity index (χ0) is 23.3. The predicted molar refractivity (Wildman–Crippen MR) is 132 cm³/mol. The summed E-state index contributed by atoms with van der Waals surface area (Å²) in [5.41, 5.74) is 5.63. The molecule has 0 aromatic heterocycles. The lowest BCUT2D eigenvalue weighted by Crippen LogP contribution is -2.55. The molecule has 2 N–H and O–H groups in total. The molecule has 2 nitrogen and oxygen atoms in total. The van der Waals surface area contributed by atoms with E-state index in [1.165, 1.54) is 50.5 Å². The molecule has 5 aliphatic rings. The summed E-state index contributed by atoms with van der Waals surface area (Å²) >= 11 is 0. The molecule has 0 unspecified atom stereocenters. The van der Waals surface area contributed by atoms with Gasteiger partial charge in [-0.25, -0.2) is 0 Å². The van der Waals surface area contributed by atoms with E-state index in [0.29, 0.717) is 29.1 Å². The third-order valence-corrected chi connectivity index (χ3v) is 12.6. The fourth-order valence-electron chi connectivity index (χ4n) is 10.4. The molecule has 180 valence electrons. The van der Waals surface area contributed by atoms with Gasteiger partial charge in [0.05, 0.1) is 12.2 Å². The smallest absolute Gasteiger partial charge is 0.0636 e. The maximum absolute atomic E-state index is 11.3. The molecule has 0 radical (unpaired) electrons. The van der Waals surface area contributed by atoms with Gasteiger partial charge in [-0.05, 0) is 111 Å². The van der Waals surface area contributed by atoms with Crippen molar-refractivity contribution in [3.63, 3.8) is 0 Å². The summed E-state index contributed by atoms with van der Waals surface area (Å²) in [5.74, 6) is 1.98. The summed E-state index contributed by atoms with van der Waals surface area (Å²) in [6.07, 6.45) is 11.6. The largest absolute Gasteiger partial charge is 0.393 e. The van der Waals surface area contributed by atoms with E-state index in [-0.39, 0.29) is 28.5 Å². The van der Waals surface area contributed by atoms with Gasteiger partial charge >= 0.3 is 0 Å². The summed E-state index contributed by atoms with van der Waals surface area (Å²) in [6.45, 7) is 18.7. The van der Waals surface area contributed by atoms with Crippen LogP contribution in [-0.4, -0.2) is 22.4 Å². The van der Waals surface area contributed by atoms with Crippen LogP contribution in [0.2, 0.25) is 0 Å². The standard InChI is InChI=1S/C30H48O2/c1-18(2)19-8-9-20(26(19)32)21-12-16-30(7)23-10-11-24-27(3,4)25(31)14-15-28(24,5)22(23)13-17-29(21,30)6/h19-21,24-26,31-32H,1,8-17H2,2-7H3/t19-,20+,21-,24+,25+,26+,28-,29-,30+/m1/s1. The quantitative estimate of drug-likeness (QED) is 0.451. The average molecular weight is 441 g/mol. The number of aliphatic hydroxyl groups is 2. The SMILES string of the molecule is C=C(C)[C@H]1CC[C@@H]([C@H]2CC[C@@]3(C)C4=C(CC[C@]23C)[C@@]2(C)CC[C@H](O)C(C)(C)[C@@H]2CC4)[C@H]1O. The van der Waals surface area contributed by atoms with Crippen molar-refractivity contribution in [1.29, 1.82) is 0 Å². The van der Waals surface area contributed by atoms with Crippen LogP contribution >= 0.6 is 0 Å². The zero-order valence-corrected chi connectivity index (χ0v) is 21.6. The molecule has 0 amide bonds. The van der Waals surface area contributed by atoms with E-state index in [1.807, 2.05) is 5.57 Å². The van der Waals surface area contributed by atoms with Gasteiger partial charge in [-0.3, -0.25) is 0 Å². The summed E-state index contributed by atoms with van der Waals surface area (Å²) < 4.78 is 0. The minimum absolute atomic E-state index is 0.0108. The molecule has 0 aromatic carbocycles. The Kier molecular flexibility index (Phi) is 5.21. The Balaban J connectivity index is 1.50. The first-order valence-corrected chi connectivity index (χ1v) is 13.6. The summed E-state index contributed by atoms with van der Waals surface area (Å²) in [6, 6.07) is 0. The molecule has 9 atom stereocenters. The number of hydrogen-bond acceptors (Lipinski definition) is 2. The fourth-order valence-corrected chi connectivity index (χ4v) is 10.4. The normalized spacial score (nSPS) is 52.4. The third kappa shape index (κ3) is 2.78. The fraction of sp³-hybridized carbons (Fsp3) is 0.867. The molecule has 0 aromatic rings. The molecular formula is C30H48O2. The minimum atomic E-state index is -0.194. The summed E-state index contributed by atoms with van der Waals surface area (Å²) in [7, 11) is 0. The van der Waals surface area contributed by atoms with Gasteiger partial charge in [0.15, 0.2) is 0 Å². The predicted octanol–water partition coefficient (Wildman–Crippen LogP) is 7.06. The van der Waals surface area contributed by atoms with Gasteiger partial charge in [-0.1, -0.05) is 57.9 Å². The molecule has 3 fully saturated rings. The maximum Gasteiger partial charge on any atom is 0.0636 e. The van der Waals surface area contributed by atoms with Gasteiger partial charge in [0.2, 0.25) is 0 Å². The molecule has 5 rings (SSSR count). The average Bonchev–Trinajstić information content (AvgIpc) is 3.22. The van der Waals surface area contributed by atoms with Gasteiger partial charge in [0.1, 0.15) is 0 Å². The van der Waals surface area contributed by atoms with E-state index in [0.717, 1.165) is 19.3 Å². The van der Waals surface area contributed by atoms with Crippen LogP contribution in [0.3, 0.4) is 0 Å². The van der Waals surface area contributed by atoms with Gasteiger partial charge < -0.3 is 10.2 Å². The van der Waals surface area contributed by atoms with Gasteiger partial charge in [0.25, 0.3) is 0 Å². The molecular weight excluding hydrogens is 392 g/mol. The maximum atomic E-state index is 11.3. The van der Waals surface area contributed by atoms with Crippen molar-refractivity contribution in [2.24, 2.45) is 45.3 Å². The van der Waals surface area contributed by atoms with Crippen LogP contribution in [-0.2, 0) is 0 Å². The van der Waals surface area contributed by atoms with Crippen LogP contribution in [0.25, 0.3) is 0 Å². The Morgan fingerprint density at radius 3 is 2.22 bits per heavy atom. The van der Waals surface area contributed by atoms with Crippen molar-refractivity contribution in [3.8, 4) is 0 Å². The molecule has 5 aliphatic carbocycles. The highest BCUT2D eigenvalue weighted by atomic mass is 16.3. The van der Waals surface area contributed by atoms with Crippen LogP contribution < -0.4 is 0 Å². The van der Waals surface area contributed by atoms with Crippen LogP contribution in [0.1, 0.15) is 106 Å². The number of aliphatic hydroxyl groups excluding tert-OH is 2. The van der Waals surface area contributed by atoms with Crippen molar-refractivity contribution in [2.45, 2.75) is 118 Å². The molecule has 0 heterocycles. The number of allylic oxidation sites excluding steroid dienone is 2. The van der Waals surface area contributed by atoms with E-state index in [1.54, 1.807) is 5.57 Å². The second-order valence-electron chi connectivity index (χ2n) is 13.9. The second kappa shape index (κ2) is 7.20. The molecule has 0 aliphatic heterocycles. The minimum Gasteiger partial charge on any atom is -0.393 e. The van der Waals surface area contributed by atoms with E-state index in [9.17, 15) is 10.2 Å². The van der Waals surface area contributed by atoms with Crippen LogP contribution in [0, 0.1) is 45.3 Å². The number of rotatable bonds is 2. The molecule has 0 saturated heterocycles. The molecule has 32 heavy (non-hydrogen) atoms. The van der Waals surface area contributed by atoms with E-state index in [2.05, 4.69) is 48.1 Å². The lowest BCUT2D eigenvalue weighted by atomic mass is 9.43. The lowest BCUT2D eigenvalue weighted by Gasteiger charge is -2.62. The molecule has 0 spiro atoms. The van der Waals surface area contributed by atoms with Crippen molar-refractivity contribution in [1.82, 2.24) is 0 Å². The highest BCUT2D eigenvalue weighted by Gasteiger charge is 2.64. The van der Waals surface area contributed by atoms with Crippen LogP contribution in [0.5, 0.6) is 0 Å². The van der Waals surface area contributed by atoms with E-state index in [4.69, 9.17) is 0 Å². The number of fused-ring (bicyclic) bond motifs is 4. The molecule has 2 heteroatoms. The lowest BCUT2D eigenvalue weighted by molar-refractivity contribution is -0.0970. The van der Waals surface area contributed by atoms with Crippen molar-refractivity contribution in [3.05, 3.63) is 23.3 Å². The van der Waals surface area contributed by atoms with Gasteiger partial charge in [0, 0.05) is 5.92 Å². The Morgan fingerprint density at radius 2 is 1.56 bits per heavy atom. The second-order valence-corrected chi connectivity index (χ2v) is 13.9. The molecule has 3 saturated carbocycles. The van der Waals surface area contributed by atoms with Crippen molar-refractivity contribution >= 4 is 0 Å². The van der Waals surface area contributed by atoms with Crippen molar-refractivity contribution in [2.75, 3.05) is 0 Å². The Bertz CT molecular complexity index is 838. The summed E-state index contributed by atoms with van der Waals surface area (Å²) in [5, 5.41) is 22.1. The number of hydrogen-bond donors (Lipinski definition) is 2. The Labute approximate surface area is 197 Å². The van der Waals surface area contributed by atoms with Crippen LogP contribution in [0.4, 0.5) is 0 Å². The Morgan fingerprint density at radius 1 is 0.844 bits per heavy atom. The van der Waals surface area contributed by atoms with E-state index < -0.39 is 0 Å². The molecule has 0 bridgehead atoms. The summed E-state index contributed by atoms with van der Waals surface area (Å²) in [4.78, 5) is 0.